The van der Waals surface area contributed by atoms with Gasteiger partial charge in [-0.2, -0.15) is 0 Å². The van der Waals surface area contributed by atoms with Crippen LogP contribution in [0, 0.1) is 12.3 Å². The van der Waals surface area contributed by atoms with E-state index in [0.29, 0.717) is 11.6 Å². The summed E-state index contributed by atoms with van der Waals surface area (Å²) in [5.41, 5.74) is 7.02. The fourth-order valence-corrected chi connectivity index (χ4v) is 1.29. The lowest BCUT2D eigenvalue weighted by Crippen LogP contribution is -2.12. The maximum Gasteiger partial charge on any atom is 0.129 e. The smallest absolute Gasteiger partial charge is 0.129 e. The number of amidine groups is 1. The van der Waals surface area contributed by atoms with Gasteiger partial charge in [-0.3, -0.25) is 5.41 Å². The lowest BCUT2D eigenvalue weighted by molar-refractivity contribution is 1.14. The molecule has 1 aromatic rings. The molecule has 0 amide bonds. The second-order valence-corrected chi connectivity index (χ2v) is 3.03. The predicted molar refractivity (Wildman–Crippen MR) is 49.6 cm³/mol. The molecule has 0 spiro atoms. The highest BCUT2D eigenvalue weighted by atomic mass is 35.5. The molecule has 0 aliphatic carbocycles. The summed E-state index contributed by atoms with van der Waals surface area (Å²) in [6.45, 7) is 1.86. The number of aryl methyl sites for hydroxylation is 1. The van der Waals surface area contributed by atoms with Crippen LogP contribution in [-0.4, -0.2) is 10.8 Å². The van der Waals surface area contributed by atoms with Gasteiger partial charge in [0.2, 0.25) is 0 Å². The zero-order valence-corrected chi connectivity index (χ0v) is 7.52. The van der Waals surface area contributed by atoms with Gasteiger partial charge in [-0.15, -0.1) is 0 Å². The minimum absolute atomic E-state index is 0.136. The van der Waals surface area contributed by atoms with Gasteiger partial charge in [0.25, 0.3) is 0 Å². The monoisotopic (exact) mass is 183 g/mol. The van der Waals surface area contributed by atoms with E-state index in [1.54, 1.807) is 6.07 Å². The molecule has 0 fully saturated rings. The predicted octanol–water partition coefficient (Wildman–Crippen LogP) is 1.52. The van der Waals surface area contributed by atoms with Gasteiger partial charge in [0.1, 0.15) is 5.15 Å². The van der Waals surface area contributed by atoms with E-state index in [0.717, 1.165) is 11.3 Å². The number of nitrogens with zero attached hydrogens (tertiary/aromatic N) is 1. The molecule has 3 nitrogen and oxygen atoms in total. The highest BCUT2D eigenvalue weighted by Gasteiger charge is 1.99. The third-order valence-electron chi connectivity index (χ3n) is 1.38. The molecule has 0 saturated carbocycles. The van der Waals surface area contributed by atoms with Crippen molar-refractivity contribution in [2.24, 2.45) is 5.73 Å². The molecule has 0 aliphatic rings. The van der Waals surface area contributed by atoms with E-state index in [1.165, 1.54) is 0 Å². The normalized spacial score (nSPS) is 9.83. The zero-order valence-electron chi connectivity index (χ0n) is 6.76. The lowest BCUT2D eigenvalue weighted by Gasteiger charge is -2.01. The quantitative estimate of drug-likeness (QED) is 0.415. The number of rotatable bonds is 2. The highest BCUT2D eigenvalue weighted by Crippen LogP contribution is 2.10. The van der Waals surface area contributed by atoms with Crippen molar-refractivity contribution in [2.45, 2.75) is 13.3 Å². The Morgan fingerprint density at radius 1 is 1.67 bits per heavy atom. The molecular weight excluding hydrogens is 174 g/mol. The first-order chi connectivity index (χ1) is 5.58. The standard InChI is InChI=1S/C8H10ClN3/c1-5-2-6(4-8(10)11)3-7(9)12-5/h2-3H,4H2,1H3,(H3,10,11). The van der Waals surface area contributed by atoms with E-state index in [1.807, 2.05) is 13.0 Å². The van der Waals surface area contributed by atoms with Crippen LogP contribution < -0.4 is 5.73 Å². The Hall–Kier alpha value is -1.09. The summed E-state index contributed by atoms with van der Waals surface area (Å²) in [5, 5.41) is 7.54. The number of pyridine rings is 1. The molecular formula is C8H10ClN3. The number of hydrogen-bond donors (Lipinski definition) is 2. The van der Waals surface area contributed by atoms with Crippen molar-refractivity contribution in [3.05, 3.63) is 28.5 Å². The molecule has 1 aromatic heterocycles. The summed E-state index contributed by atoms with van der Waals surface area (Å²) >= 11 is 5.71. The number of aromatic nitrogens is 1. The Bertz CT molecular complexity index is 289. The van der Waals surface area contributed by atoms with E-state index < -0.39 is 0 Å². The number of halogens is 1. The number of nitrogens with two attached hydrogens (primary N) is 1. The molecule has 64 valence electrons. The first-order valence-electron chi connectivity index (χ1n) is 3.54. The SMILES string of the molecule is Cc1cc(CC(=N)N)cc(Cl)n1. The van der Waals surface area contributed by atoms with E-state index >= 15 is 0 Å². The first kappa shape index (κ1) is 9.00. The van der Waals surface area contributed by atoms with Crippen LogP contribution in [0.1, 0.15) is 11.3 Å². The molecule has 1 heterocycles. The summed E-state index contributed by atoms with van der Waals surface area (Å²) in [7, 11) is 0. The topological polar surface area (TPSA) is 62.8 Å². The molecule has 0 saturated heterocycles. The molecule has 4 heteroatoms. The maximum absolute atomic E-state index is 7.09. The van der Waals surface area contributed by atoms with Gasteiger partial charge in [0.15, 0.2) is 0 Å². The van der Waals surface area contributed by atoms with Gasteiger partial charge in [-0.25, -0.2) is 4.98 Å². The van der Waals surface area contributed by atoms with Crippen molar-refractivity contribution in [3.63, 3.8) is 0 Å². The third kappa shape index (κ3) is 2.51. The second-order valence-electron chi connectivity index (χ2n) is 2.64. The lowest BCUT2D eigenvalue weighted by atomic mass is 10.1. The van der Waals surface area contributed by atoms with E-state index in [-0.39, 0.29) is 5.84 Å². The van der Waals surface area contributed by atoms with E-state index in [9.17, 15) is 0 Å². The van der Waals surface area contributed by atoms with Crippen molar-refractivity contribution in [2.75, 3.05) is 0 Å². The molecule has 0 aromatic carbocycles. The second kappa shape index (κ2) is 3.54. The molecule has 12 heavy (non-hydrogen) atoms. The van der Waals surface area contributed by atoms with Gasteiger partial charge in [0, 0.05) is 12.1 Å². The van der Waals surface area contributed by atoms with E-state index in [4.69, 9.17) is 22.7 Å². The Kier molecular flexibility index (Phi) is 2.65. The molecule has 0 atom stereocenters. The van der Waals surface area contributed by atoms with Crippen molar-refractivity contribution in [1.82, 2.24) is 4.98 Å². The Balaban J connectivity index is 2.93. The largest absolute Gasteiger partial charge is 0.387 e. The van der Waals surface area contributed by atoms with Crippen LogP contribution >= 0.6 is 11.6 Å². The highest BCUT2D eigenvalue weighted by molar-refractivity contribution is 6.29. The van der Waals surface area contributed by atoms with Gasteiger partial charge < -0.3 is 5.73 Å². The van der Waals surface area contributed by atoms with Crippen LogP contribution in [0.5, 0.6) is 0 Å². The Labute approximate surface area is 76.1 Å². The van der Waals surface area contributed by atoms with Gasteiger partial charge in [-0.1, -0.05) is 11.6 Å². The molecule has 0 unspecified atom stereocenters. The van der Waals surface area contributed by atoms with Crippen LogP contribution in [-0.2, 0) is 6.42 Å². The average Bonchev–Trinajstić information content (AvgIpc) is 1.81. The molecule has 1 rings (SSSR count). The fourth-order valence-electron chi connectivity index (χ4n) is 1.02. The van der Waals surface area contributed by atoms with E-state index in [2.05, 4.69) is 4.98 Å². The first-order valence-corrected chi connectivity index (χ1v) is 3.91. The summed E-state index contributed by atoms with van der Waals surface area (Å²) in [6.07, 6.45) is 0.434. The van der Waals surface area contributed by atoms with Crippen molar-refractivity contribution >= 4 is 17.4 Å². The molecule has 0 aliphatic heterocycles. The van der Waals surface area contributed by atoms with Gasteiger partial charge in [0.05, 0.1) is 5.84 Å². The number of nitrogens with one attached hydrogen (secondary N) is 1. The summed E-state index contributed by atoms with van der Waals surface area (Å²) in [5.74, 6) is 0.136. The Morgan fingerprint density at radius 3 is 2.83 bits per heavy atom. The van der Waals surface area contributed by atoms with Crippen LogP contribution in [0.15, 0.2) is 12.1 Å². The van der Waals surface area contributed by atoms with Crippen LogP contribution in [0.4, 0.5) is 0 Å². The summed E-state index contributed by atoms with van der Waals surface area (Å²) < 4.78 is 0. The molecule has 0 radical (unpaired) electrons. The van der Waals surface area contributed by atoms with Crippen LogP contribution in [0.2, 0.25) is 5.15 Å². The minimum Gasteiger partial charge on any atom is -0.387 e. The molecule has 3 N–H and O–H groups in total. The number of hydrogen-bond acceptors (Lipinski definition) is 2. The average molecular weight is 184 g/mol. The van der Waals surface area contributed by atoms with Crippen molar-refractivity contribution in [1.29, 1.82) is 5.41 Å². The minimum atomic E-state index is 0.136. The summed E-state index contributed by atoms with van der Waals surface area (Å²) in [4.78, 5) is 4.00. The van der Waals surface area contributed by atoms with Gasteiger partial charge >= 0.3 is 0 Å². The maximum atomic E-state index is 7.09. The van der Waals surface area contributed by atoms with Gasteiger partial charge in [-0.05, 0) is 24.6 Å². The molecule has 0 bridgehead atoms. The zero-order chi connectivity index (χ0) is 9.14. The Morgan fingerprint density at radius 2 is 2.33 bits per heavy atom. The van der Waals surface area contributed by atoms with Crippen molar-refractivity contribution < 1.29 is 0 Å². The van der Waals surface area contributed by atoms with Crippen molar-refractivity contribution in [3.8, 4) is 0 Å². The summed E-state index contributed by atoms with van der Waals surface area (Å²) in [6, 6.07) is 3.59. The third-order valence-corrected chi connectivity index (χ3v) is 1.57. The van der Waals surface area contributed by atoms with Crippen LogP contribution in [0.25, 0.3) is 0 Å². The fraction of sp³-hybridized carbons (Fsp3) is 0.250. The van der Waals surface area contributed by atoms with Crippen LogP contribution in [0.3, 0.4) is 0 Å².